The first-order valence-corrected chi connectivity index (χ1v) is 10.8. The summed E-state index contributed by atoms with van der Waals surface area (Å²) in [4.78, 5) is 4.48. The van der Waals surface area contributed by atoms with Crippen molar-refractivity contribution in [1.82, 2.24) is 9.80 Å². The zero-order valence-electron chi connectivity index (χ0n) is 14.1. The highest BCUT2D eigenvalue weighted by Gasteiger charge is 2.33. The van der Waals surface area contributed by atoms with Gasteiger partial charge in [-0.1, -0.05) is 19.1 Å². The Bertz CT molecular complexity index is 698. The van der Waals surface area contributed by atoms with E-state index >= 15 is 0 Å². The minimum Gasteiger partial charge on any atom is -0.346 e. The lowest BCUT2D eigenvalue weighted by molar-refractivity contribution is 0.144. The highest BCUT2D eigenvalue weighted by molar-refractivity contribution is 7.91. The standard InChI is InChI=1S/C17H25N3O2S2/c1-2-14-4-3-5-15(12-14)18-17(23)20-9-7-19(8-10-20)16-6-11-24(21,22)13-16/h3-5,12,16H,2,6-11,13H2,1H3,(H,18,23)/t16-/m0/s1. The summed E-state index contributed by atoms with van der Waals surface area (Å²) in [7, 11) is -2.82. The van der Waals surface area contributed by atoms with Crippen molar-refractivity contribution in [2.45, 2.75) is 25.8 Å². The normalized spacial score (nSPS) is 24.0. The third kappa shape index (κ3) is 4.26. The summed E-state index contributed by atoms with van der Waals surface area (Å²) in [6.45, 7) is 5.57. The van der Waals surface area contributed by atoms with Crippen LogP contribution in [0.25, 0.3) is 0 Å². The molecule has 1 atom stereocenters. The van der Waals surface area contributed by atoms with E-state index in [1.165, 1.54) is 5.56 Å². The Morgan fingerprint density at radius 1 is 1.29 bits per heavy atom. The van der Waals surface area contributed by atoms with Crippen molar-refractivity contribution in [2.75, 3.05) is 43.0 Å². The van der Waals surface area contributed by atoms with Gasteiger partial charge in [0.15, 0.2) is 14.9 Å². The second-order valence-corrected chi connectivity index (χ2v) is 9.18. The van der Waals surface area contributed by atoms with E-state index in [-0.39, 0.29) is 6.04 Å². The Hall–Kier alpha value is -1.18. The predicted octanol–water partition coefficient (Wildman–Crippen LogP) is 1.75. The molecule has 1 aromatic carbocycles. The largest absolute Gasteiger partial charge is 0.346 e. The van der Waals surface area contributed by atoms with Crippen LogP contribution in [0.1, 0.15) is 18.9 Å². The lowest BCUT2D eigenvalue weighted by atomic mass is 10.1. The Kier molecular flexibility index (Phi) is 5.42. The lowest BCUT2D eigenvalue weighted by Gasteiger charge is -2.38. The number of anilines is 1. The summed E-state index contributed by atoms with van der Waals surface area (Å²) >= 11 is 5.55. The van der Waals surface area contributed by atoms with Crippen LogP contribution in [0, 0.1) is 0 Å². The molecule has 0 aromatic heterocycles. The molecule has 132 valence electrons. The molecule has 0 spiro atoms. The molecule has 2 fully saturated rings. The molecule has 0 saturated carbocycles. The maximum absolute atomic E-state index is 11.6. The van der Waals surface area contributed by atoms with Crippen molar-refractivity contribution in [2.24, 2.45) is 0 Å². The summed E-state index contributed by atoms with van der Waals surface area (Å²) < 4.78 is 23.3. The molecule has 2 saturated heterocycles. The number of thiocarbonyl (C=S) groups is 1. The molecule has 2 aliphatic heterocycles. The van der Waals surface area contributed by atoms with E-state index in [1.807, 2.05) is 12.1 Å². The number of piperazine rings is 1. The number of nitrogens with one attached hydrogen (secondary N) is 1. The first kappa shape index (κ1) is 17.6. The van der Waals surface area contributed by atoms with E-state index in [0.29, 0.717) is 11.5 Å². The number of rotatable bonds is 3. The van der Waals surface area contributed by atoms with Crippen LogP contribution in [0.4, 0.5) is 5.69 Å². The van der Waals surface area contributed by atoms with Gasteiger partial charge in [-0.3, -0.25) is 4.90 Å². The van der Waals surface area contributed by atoms with Crippen LogP contribution >= 0.6 is 12.2 Å². The fourth-order valence-electron chi connectivity index (χ4n) is 3.43. The van der Waals surface area contributed by atoms with Crippen LogP contribution in [0.2, 0.25) is 0 Å². The molecule has 24 heavy (non-hydrogen) atoms. The van der Waals surface area contributed by atoms with E-state index in [0.717, 1.165) is 49.8 Å². The minimum absolute atomic E-state index is 0.194. The maximum Gasteiger partial charge on any atom is 0.173 e. The Morgan fingerprint density at radius 2 is 2.04 bits per heavy atom. The summed E-state index contributed by atoms with van der Waals surface area (Å²) in [5.74, 6) is 0.658. The van der Waals surface area contributed by atoms with Crippen molar-refractivity contribution in [1.29, 1.82) is 0 Å². The van der Waals surface area contributed by atoms with E-state index in [9.17, 15) is 8.42 Å². The van der Waals surface area contributed by atoms with E-state index < -0.39 is 9.84 Å². The Labute approximate surface area is 149 Å². The number of benzene rings is 1. The fraction of sp³-hybridized carbons (Fsp3) is 0.588. The van der Waals surface area contributed by atoms with Gasteiger partial charge in [-0.05, 0) is 42.8 Å². The number of sulfone groups is 1. The van der Waals surface area contributed by atoms with Gasteiger partial charge in [0, 0.05) is 37.9 Å². The molecule has 2 heterocycles. The average Bonchev–Trinajstić information content (AvgIpc) is 2.95. The molecule has 7 heteroatoms. The van der Waals surface area contributed by atoms with Crippen LogP contribution in [0.5, 0.6) is 0 Å². The van der Waals surface area contributed by atoms with Crippen molar-refractivity contribution >= 4 is 32.9 Å². The van der Waals surface area contributed by atoms with Gasteiger partial charge in [0.25, 0.3) is 0 Å². The molecule has 1 N–H and O–H groups in total. The van der Waals surface area contributed by atoms with Crippen LogP contribution in [0.3, 0.4) is 0 Å². The number of aryl methyl sites for hydroxylation is 1. The molecule has 0 amide bonds. The fourth-order valence-corrected chi connectivity index (χ4v) is 5.49. The quantitative estimate of drug-likeness (QED) is 0.822. The molecule has 3 rings (SSSR count). The lowest BCUT2D eigenvalue weighted by Crippen LogP contribution is -2.53. The van der Waals surface area contributed by atoms with Crippen LogP contribution < -0.4 is 5.32 Å². The van der Waals surface area contributed by atoms with Gasteiger partial charge in [0.05, 0.1) is 11.5 Å². The number of hydrogen-bond acceptors (Lipinski definition) is 4. The summed E-state index contributed by atoms with van der Waals surface area (Å²) in [5, 5.41) is 4.08. The third-order valence-corrected chi connectivity index (χ3v) is 7.02. The van der Waals surface area contributed by atoms with Gasteiger partial charge in [-0.2, -0.15) is 0 Å². The molecular formula is C17H25N3O2S2. The molecule has 0 unspecified atom stereocenters. The predicted molar refractivity (Wildman–Crippen MR) is 102 cm³/mol. The van der Waals surface area contributed by atoms with Gasteiger partial charge in [0.2, 0.25) is 0 Å². The van der Waals surface area contributed by atoms with Crippen molar-refractivity contribution in [3.63, 3.8) is 0 Å². The Morgan fingerprint density at radius 3 is 2.67 bits per heavy atom. The molecule has 0 aliphatic carbocycles. The van der Waals surface area contributed by atoms with Crippen LogP contribution in [0.15, 0.2) is 24.3 Å². The van der Waals surface area contributed by atoms with Gasteiger partial charge in [-0.15, -0.1) is 0 Å². The second kappa shape index (κ2) is 7.37. The zero-order chi connectivity index (χ0) is 17.2. The van der Waals surface area contributed by atoms with E-state index in [2.05, 4.69) is 34.2 Å². The van der Waals surface area contributed by atoms with Crippen LogP contribution in [-0.2, 0) is 16.3 Å². The molecule has 0 radical (unpaired) electrons. The molecule has 2 aliphatic rings. The molecular weight excluding hydrogens is 342 g/mol. The van der Waals surface area contributed by atoms with Crippen molar-refractivity contribution in [3.05, 3.63) is 29.8 Å². The van der Waals surface area contributed by atoms with Gasteiger partial charge in [0.1, 0.15) is 0 Å². The van der Waals surface area contributed by atoms with E-state index in [1.54, 1.807) is 0 Å². The monoisotopic (exact) mass is 367 g/mol. The maximum atomic E-state index is 11.6. The SMILES string of the molecule is CCc1cccc(NC(=S)N2CCN([C@H]3CCS(=O)(=O)C3)CC2)c1. The van der Waals surface area contributed by atoms with Crippen molar-refractivity contribution < 1.29 is 8.42 Å². The van der Waals surface area contributed by atoms with Gasteiger partial charge in [-0.25, -0.2) is 8.42 Å². The van der Waals surface area contributed by atoms with E-state index in [4.69, 9.17) is 12.2 Å². The minimum atomic E-state index is -2.82. The molecule has 0 bridgehead atoms. The first-order chi connectivity index (χ1) is 11.5. The highest BCUT2D eigenvalue weighted by atomic mass is 32.2. The third-order valence-electron chi connectivity index (χ3n) is 4.91. The highest BCUT2D eigenvalue weighted by Crippen LogP contribution is 2.20. The smallest absolute Gasteiger partial charge is 0.173 e. The van der Waals surface area contributed by atoms with Gasteiger partial charge >= 0.3 is 0 Å². The summed E-state index contributed by atoms with van der Waals surface area (Å²) in [5.41, 5.74) is 2.32. The summed E-state index contributed by atoms with van der Waals surface area (Å²) in [6, 6.07) is 8.52. The first-order valence-electron chi connectivity index (χ1n) is 8.56. The number of hydrogen-bond donors (Lipinski definition) is 1. The molecule has 1 aromatic rings. The topological polar surface area (TPSA) is 52.6 Å². The Balaban J connectivity index is 1.52. The molecule has 5 nitrogen and oxygen atoms in total. The van der Waals surface area contributed by atoms with Gasteiger partial charge < -0.3 is 10.2 Å². The van der Waals surface area contributed by atoms with Crippen LogP contribution in [-0.4, -0.2) is 67.1 Å². The average molecular weight is 368 g/mol. The summed E-state index contributed by atoms with van der Waals surface area (Å²) in [6.07, 6.45) is 1.78. The zero-order valence-corrected chi connectivity index (χ0v) is 15.7. The van der Waals surface area contributed by atoms with Crippen molar-refractivity contribution in [3.8, 4) is 0 Å². The second-order valence-electron chi connectivity index (χ2n) is 6.56. The number of nitrogens with zero attached hydrogens (tertiary/aromatic N) is 2.